The molecule has 0 aliphatic heterocycles. The van der Waals surface area contributed by atoms with Gasteiger partial charge < -0.3 is 10.6 Å². The summed E-state index contributed by atoms with van der Waals surface area (Å²) in [5, 5.41) is 6.20. The SMILES string of the molecule is CCCCCNCCC(=O)Nc1ccc(Br)c(C)c1. The zero-order valence-corrected chi connectivity index (χ0v) is 13.3. The van der Waals surface area contributed by atoms with Crippen molar-refractivity contribution in [2.24, 2.45) is 0 Å². The van der Waals surface area contributed by atoms with Crippen LogP contribution in [0.2, 0.25) is 0 Å². The summed E-state index contributed by atoms with van der Waals surface area (Å²) in [6.07, 6.45) is 4.17. The van der Waals surface area contributed by atoms with Gasteiger partial charge in [-0.2, -0.15) is 0 Å². The number of aryl methyl sites for hydroxylation is 1. The number of rotatable bonds is 8. The molecule has 0 fully saturated rings. The smallest absolute Gasteiger partial charge is 0.225 e. The lowest BCUT2D eigenvalue weighted by Gasteiger charge is -2.08. The third-order valence-electron chi connectivity index (χ3n) is 2.93. The van der Waals surface area contributed by atoms with Crippen LogP contribution in [-0.2, 0) is 4.79 Å². The van der Waals surface area contributed by atoms with Crippen LogP contribution in [0.1, 0.15) is 38.2 Å². The molecule has 0 saturated carbocycles. The van der Waals surface area contributed by atoms with Crippen LogP contribution < -0.4 is 10.6 Å². The highest BCUT2D eigenvalue weighted by Gasteiger charge is 2.03. The van der Waals surface area contributed by atoms with E-state index in [0.29, 0.717) is 6.42 Å². The fraction of sp³-hybridized carbons (Fsp3) is 0.533. The maximum atomic E-state index is 11.7. The lowest BCUT2D eigenvalue weighted by atomic mass is 10.2. The van der Waals surface area contributed by atoms with E-state index < -0.39 is 0 Å². The molecule has 0 radical (unpaired) electrons. The lowest BCUT2D eigenvalue weighted by Crippen LogP contribution is -2.22. The van der Waals surface area contributed by atoms with Gasteiger partial charge in [0.15, 0.2) is 0 Å². The normalized spacial score (nSPS) is 10.5. The number of hydrogen-bond donors (Lipinski definition) is 2. The Morgan fingerprint density at radius 3 is 2.74 bits per heavy atom. The summed E-state index contributed by atoms with van der Waals surface area (Å²) in [7, 11) is 0. The average molecular weight is 327 g/mol. The Bertz CT molecular complexity index is 407. The maximum absolute atomic E-state index is 11.7. The second-order valence-electron chi connectivity index (χ2n) is 4.72. The Hall–Kier alpha value is -0.870. The topological polar surface area (TPSA) is 41.1 Å². The minimum Gasteiger partial charge on any atom is -0.326 e. The molecule has 0 aliphatic carbocycles. The molecule has 1 amide bonds. The average Bonchev–Trinajstić information content (AvgIpc) is 2.38. The van der Waals surface area contributed by atoms with Gasteiger partial charge in [0.2, 0.25) is 5.91 Å². The Morgan fingerprint density at radius 2 is 2.05 bits per heavy atom. The van der Waals surface area contributed by atoms with Crippen LogP contribution in [-0.4, -0.2) is 19.0 Å². The predicted molar refractivity (Wildman–Crippen MR) is 84.5 cm³/mol. The zero-order chi connectivity index (χ0) is 14.1. The number of hydrogen-bond acceptors (Lipinski definition) is 2. The highest BCUT2D eigenvalue weighted by Crippen LogP contribution is 2.19. The van der Waals surface area contributed by atoms with Crippen LogP contribution in [0.15, 0.2) is 22.7 Å². The van der Waals surface area contributed by atoms with Crippen LogP contribution >= 0.6 is 15.9 Å². The van der Waals surface area contributed by atoms with Crippen molar-refractivity contribution in [3.63, 3.8) is 0 Å². The number of halogens is 1. The largest absolute Gasteiger partial charge is 0.326 e. The van der Waals surface area contributed by atoms with E-state index in [9.17, 15) is 4.79 Å². The van der Waals surface area contributed by atoms with Gasteiger partial charge in [-0.3, -0.25) is 4.79 Å². The molecule has 106 valence electrons. The molecule has 0 spiro atoms. The van der Waals surface area contributed by atoms with E-state index in [4.69, 9.17) is 0 Å². The van der Waals surface area contributed by atoms with E-state index in [2.05, 4.69) is 33.5 Å². The number of unbranched alkanes of at least 4 members (excludes halogenated alkanes) is 2. The summed E-state index contributed by atoms with van der Waals surface area (Å²) >= 11 is 3.44. The summed E-state index contributed by atoms with van der Waals surface area (Å²) in [4.78, 5) is 11.7. The van der Waals surface area contributed by atoms with Gasteiger partial charge in [0, 0.05) is 23.1 Å². The molecule has 1 aromatic rings. The first kappa shape index (κ1) is 16.2. The molecule has 4 heteroatoms. The van der Waals surface area contributed by atoms with Crippen LogP contribution in [0.25, 0.3) is 0 Å². The molecular weight excluding hydrogens is 304 g/mol. The highest BCUT2D eigenvalue weighted by atomic mass is 79.9. The van der Waals surface area contributed by atoms with E-state index in [0.717, 1.165) is 28.8 Å². The van der Waals surface area contributed by atoms with Crippen molar-refractivity contribution in [1.29, 1.82) is 0 Å². The first-order valence-electron chi connectivity index (χ1n) is 6.90. The predicted octanol–water partition coefficient (Wildman–Crippen LogP) is 3.87. The summed E-state index contributed by atoms with van der Waals surface area (Å²) < 4.78 is 1.06. The van der Waals surface area contributed by atoms with Gasteiger partial charge in [-0.1, -0.05) is 35.7 Å². The summed E-state index contributed by atoms with van der Waals surface area (Å²) in [6, 6.07) is 5.83. The molecule has 2 N–H and O–H groups in total. The second kappa shape index (κ2) is 9.10. The minimum absolute atomic E-state index is 0.0599. The Balaban J connectivity index is 2.21. The number of benzene rings is 1. The van der Waals surface area contributed by atoms with Crippen LogP contribution in [0.5, 0.6) is 0 Å². The monoisotopic (exact) mass is 326 g/mol. The lowest BCUT2D eigenvalue weighted by molar-refractivity contribution is -0.116. The fourth-order valence-electron chi connectivity index (χ4n) is 1.77. The molecule has 1 rings (SSSR count). The molecule has 19 heavy (non-hydrogen) atoms. The molecule has 1 aromatic carbocycles. The van der Waals surface area contributed by atoms with Gasteiger partial charge in [0.05, 0.1) is 0 Å². The summed E-state index contributed by atoms with van der Waals surface area (Å²) in [5.41, 5.74) is 1.98. The molecule has 0 saturated heterocycles. The van der Waals surface area contributed by atoms with E-state index in [-0.39, 0.29) is 5.91 Å². The maximum Gasteiger partial charge on any atom is 0.225 e. The van der Waals surface area contributed by atoms with Crippen molar-refractivity contribution in [1.82, 2.24) is 5.32 Å². The van der Waals surface area contributed by atoms with Crippen LogP contribution in [0, 0.1) is 6.92 Å². The molecule has 3 nitrogen and oxygen atoms in total. The molecular formula is C15H23BrN2O. The van der Waals surface area contributed by atoms with Gasteiger partial charge in [-0.25, -0.2) is 0 Å². The van der Waals surface area contributed by atoms with Gasteiger partial charge in [0.25, 0.3) is 0 Å². The number of carbonyl (C=O) groups is 1. The van der Waals surface area contributed by atoms with E-state index in [1.165, 1.54) is 19.3 Å². The van der Waals surface area contributed by atoms with Crippen molar-refractivity contribution in [2.75, 3.05) is 18.4 Å². The molecule has 0 atom stereocenters. The summed E-state index contributed by atoms with van der Waals surface area (Å²) in [6.45, 7) is 5.94. The highest BCUT2D eigenvalue weighted by molar-refractivity contribution is 9.10. The first-order valence-corrected chi connectivity index (χ1v) is 7.69. The third kappa shape index (κ3) is 6.73. The molecule has 0 aromatic heterocycles. The van der Waals surface area contributed by atoms with Gasteiger partial charge >= 0.3 is 0 Å². The van der Waals surface area contributed by atoms with E-state index >= 15 is 0 Å². The van der Waals surface area contributed by atoms with Crippen molar-refractivity contribution in [3.8, 4) is 0 Å². The molecule has 0 aliphatic rings. The number of amides is 1. The quantitative estimate of drug-likeness (QED) is 0.712. The molecule has 0 bridgehead atoms. The number of anilines is 1. The van der Waals surface area contributed by atoms with Gasteiger partial charge in [0.1, 0.15) is 0 Å². The summed E-state index contributed by atoms with van der Waals surface area (Å²) in [5.74, 6) is 0.0599. The minimum atomic E-state index is 0.0599. The third-order valence-corrected chi connectivity index (χ3v) is 3.82. The Morgan fingerprint density at radius 1 is 1.26 bits per heavy atom. The molecule has 0 unspecified atom stereocenters. The first-order chi connectivity index (χ1) is 9.13. The Kier molecular flexibility index (Phi) is 7.75. The van der Waals surface area contributed by atoms with Gasteiger partial charge in [-0.15, -0.1) is 0 Å². The van der Waals surface area contributed by atoms with Crippen molar-refractivity contribution in [3.05, 3.63) is 28.2 Å². The van der Waals surface area contributed by atoms with Gasteiger partial charge in [-0.05, 0) is 43.7 Å². The standard InChI is InChI=1S/C15H23BrN2O/c1-3-4-5-9-17-10-8-15(19)18-13-6-7-14(16)12(2)11-13/h6-7,11,17H,3-5,8-10H2,1-2H3,(H,18,19). The fourth-order valence-corrected chi connectivity index (χ4v) is 2.02. The number of nitrogens with one attached hydrogen (secondary N) is 2. The van der Waals surface area contributed by atoms with E-state index in [1.54, 1.807) is 0 Å². The van der Waals surface area contributed by atoms with Crippen LogP contribution in [0.4, 0.5) is 5.69 Å². The van der Waals surface area contributed by atoms with Crippen LogP contribution in [0.3, 0.4) is 0 Å². The molecule has 0 heterocycles. The Labute approximate surface area is 124 Å². The van der Waals surface area contributed by atoms with E-state index in [1.807, 2.05) is 25.1 Å². The number of carbonyl (C=O) groups excluding carboxylic acids is 1. The van der Waals surface area contributed by atoms with Crippen molar-refractivity contribution >= 4 is 27.5 Å². The second-order valence-corrected chi connectivity index (χ2v) is 5.57. The zero-order valence-electron chi connectivity index (χ0n) is 11.8. The van der Waals surface area contributed by atoms with Crippen molar-refractivity contribution < 1.29 is 4.79 Å². The van der Waals surface area contributed by atoms with Crippen molar-refractivity contribution in [2.45, 2.75) is 39.5 Å².